The Morgan fingerprint density at radius 3 is 2.57 bits per heavy atom. The lowest BCUT2D eigenvalue weighted by atomic mass is 10.1. The first-order valence-electron chi connectivity index (χ1n) is 10.1. The molecule has 0 radical (unpaired) electrons. The van der Waals surface area contributed by atoms with Crippen molar-refractivity contribution in [3.8, 4) is 5.75 Å². The molecule has 1 N–H and O–H groups in total. The van der Waals surface area contributed by atoms with Gasteiger partial charge in [0.2, 0.25) is 0 Å². The summed E-state index contributed by atoms with van der Waals surface area (Å²) >= 11 is 0. The molecule has 0 spiro atoms. The molecule has 1 atom stereocenters. The van der Waals surface area contributed by atoms with Gasteiger partial charge in [0, 0.05) is 39.8 Å². The van der Waals surface area contributed by atoms with Crippen molar-refractivity contribution in [3.05, 3.63) is 29.8 Å². The molecule has 1 heterocycles. The van der Waals surface area contributed by atoms with Crippen molar-refractivity contribution in [1.82, 2.24) is 10.2 Å². The molecule has 7 heteroatoms. The number of methoxy groups -OCH3 is 2. The predicted octanol–water partition coefficient (Wildman–Crippen LogP) is 2.16. The first-order chi connectivity index (χ1) is 13.8. The lowest BCUT2D eigenvalue weighted by Gasteiger charge is -2.21. The fourth-order valence-electron chi connectivity index (χ4n) is 3.08. The number of hydrogen-bond donors (Lipinski definition) is 1. The van der Waals surface area contributed by atoms with Gasteiger partial charge in [-0.05, 0) is 31.0 Å². The van der Waals surface area contributed by atoms with Gasteiger partial charge in [0.15, 0.2) is 5.96 Å². The largest absolute Gasteiger partial charge is 0.491 e. The number of ether oxygens (including phenoxy) is 4. The second-order valence-electron chi connectivity index (χ2n) is 6.82. The van der Waals surface area contributed by atoms with Crippen LogP contribution in [0.4, 0.5) is 0 Å². The zero-order chi connectivity index (χ0) is 20.0. The quantitative estimate of drug-likeness (QED) is 0.334. The molecule has 0 amide bonds. The van der Waals surface area contributed by atoms with Gasteiger partial charge in [-0.2, -0.15) is 0 Å². The third-order valence-corrected chi connectivity index (χ3v) is 4.60. The molecule has 1 aromatic rings. The number of rotatable bonds is 12. The summed E-state index contributed by atoms with van der Waals surface area (Å²) in [4.78, 5) is 7.15. The predicted molar refractivity (Wildman–Crippen MR) is 111 cm³/mol. The van der Waals surface area contributed by atoms with Crippen LogP contribution in [0.3, 0.4) is 0 Å². The van der Waals surface area contributed by atoms with E-state index in [-0.39, 0.29) is 0 Å². The van der Waals surface area contributed by atoms with Crippen molar-refractivity contribution in [2.45, 2.75) is 19.9 Å². The average Bonchev–Trinajstić information content (AvgIpc) is 3.18. The first-order valence-corrected chi connectivity index (χ1v) is 10.1. The minimum atomic E-state index is 0.546. The van der Waals surface area contributed by atoms with Crippen molar-refractivity contribution in [2.24, 2.45) is 10.9 Å². The summed E-state index contributed by atoms with van der Waals surface area (Å²) in [5.74, 6) is 2.37. The van der Waals surface area contributed by atoms with Crippen LogP contribution < -0.4 is 10.1 Å². The summed E-state index contributed by atoms with van der Waals surface area (Å²) < 4.78 is 21.3. The SMILES string of the molecule is CCNC(=NCc1ccc(OCCOC)cc1)N1CCC(COCCOC)C1. The molecule has 1 saturated heterocycles. The number of guanidine groups is 1. The minimum Gasteiger partial charge on any atom is -0.491 e. The van der Waals surface area contributed by atoms with Crippen molar-refractivity contribution >= 4 is 5.96 Å². The highest BCUT2D eigenvalue weighted by molar-refractivity contribution is 5.80. The van der Waals surface area contributed by atoms with Crippen LogP contribution in [0.5, 0.6) is 5.75 Å². The molecule has 158 valence electrons. The normalized spacial score (nSPS) is 17.2. The van der Waals surface area contributed by atoms with E-state index in [4.69, 9.17) is 23.9 Å². The number of likely N-dealkylation sites (tertiary alicyclic amines) is 1. The highest BCUT2D eigenvalue weighted by Crippen LogP contribution is 2.17. The molecular weight excluding hydrogens is 358 g/mol. The van der Waals surface area contributed by atoms with Crippen LogP contribution in [0.15, 0.2) is 29.3 Å². The number of aliphatic imine (C=N–C) groups is 1. The van der Waals surface area contributed by atoms with E-state index in [0.29, 0.717) is 38.9 Å². The van der Waals surface area contributed by atoms with Crippen molar-refractivity contribution in [3.63, 3.8) is 0 Å². The Labute approximate surface area is 169 Å². The van der Waals surface area contributed by atoms with E-state index in [9.17, 15) is 0 Å². The van der Waals surface area contributed by atoms with Crippen molar-refractivity contribution in [1.29, 1.82) is 0 Å². The van der Waals surface area contributed by atoms with Crippen LogP contribution >= 0.6 is 0 Å². The second kappa shape index (κ2) is 13.4. The molecule has 1 aliphatic heterocycles. The van der Waals surface area contributed by atoms with Crippen LogP contribution in [0.1, 0.15) is 18.9 Å². The summed E-state index contributed by atoms with van der Waals surface area (Å²) in [6.45, 7) is 8.83. The van der Waals surface area contributed by atoms with E-state index in [1.54, 1.807) is 14.2 Å². The molecular formula is C21H35N3O4. The van der Waals surface area contributed by atoms with Gasteiger partial charge in [0.05, 0.1) is 33.0 Å². The molecule has 0 aliphatic carbocycles. The zero-order valence-corrected chi connectivity index (χ0v) is 17.5. The van der Waals surface area contributed by atoms with E-state index in [1.807, 2.05) is 12.1 Å². The number of nitrogens with zero attached hydrogens (tertiary/aromatic N) is 2. The van der Waals surface area contributed by atoms with E-state index >= 15 is 0 Å². The third-order valence-electron chi connectivity index (χ3n) is 4.60. The maximum Gasteiger partial charge on any atom is 0.194 e. The number of benzene rings is 1. The highest BCUT2D eigenvalue weighted by Gasteiger charge is 2.24. The van der Waals surface area contributed by atoms with E-state index in [0.717, 1.165) is 49.9 Å². The van der Waals surface area contributed by atoms with Gasteiger partial charge in [-0.15, -0.1) is 0 Å². The summed E-state index contributed by atoms with van der Waals surface area (Å²) in [5, 5.41) is 3.41. The van der Waals surface area contributed by atoms with Crippen LogP contribution in [0.2, 0.25) is 0 Å². The maximum atomic E-state index is 5.69. The smallest absolute Gasteiger partial charge is 0.194 e. The fourth-order valence-corrected chi connectivity index (χ4v) is 3.08. The standard InChI is InChI=1S/C21H35N3O4/c1-4-22-21(24-10-9-19(16-24)17-27-13-11-25-2)23-15-18-5-7-20(8-6-18)28-14-12-26-3/h5-8,19H,4,9-17H2,1-3H3,(H,22,23). The van der Waals surface area contributed by atoms with Crippen molar-refractivity contribution in [2.75, 3.05) is 66.9 Å². The van der Waals surface area contributed by atoms with Crippen molar-refractivity contribution < 1.29 is 18.9 Å². The minimum absolute atomic E-state index is 0.546. The van der Waals surface area contributed by atoms with Crippen LogP contribution in [-0.4, -0.2) is 77.7 Å². The van der Waals surface area contributed by atoms with Crippen LogP contribution in [0, 0.1) is 5.92 Å². The summed E-state index contributed by atoms with van der Waals surface area (Å²) in [6, 6.07) is 8.09. The maximum absolute atomic E-state index is 5.69. The third kappa shape index (κ3) is 8.04. The number of hydrogen-bond acceptors (Lipinski definition) is 5. The number of nitrogens with one attached hydrogen (secondary N) is 1. The Balaban J connectivity index is 1.83. The second-order valence-corrected chi connectivity index (χ2v) is 6.82. The molecule has 1 aromatic carbocycles. The highest BCUT2D eigenvalue weighted by atomic mass is 16.5. The van der Waals surface area contributed by atoms with Gasteiger partial charge in [0.25, 0.3) is 0 Å². The topological polar surface area (TPSA) is 64.6 Å². The Hall–Kier alpha value is -1.83. The molecule has 1 aliphatic rings. The zero-order valence-electron chi connectivity index (χ0n) is 17.5. The Bertz CT molecular complexity index is 565. The summed E-state index contributed by atoms with van der Waals surface area (Å²) in [6.07, 6.45) is 1.13. The molecule has 7 nitrogen and oxygen atoms in total. The van der Waals surface area contributed by atoms with E-state index in [1.165, 1.54) is 0 Å². The first kappa shape index (κ1) is 22.5. The van der Waals surface area contributed by atoms with Gasteiger partial charge in [-0.3, -0.25) is 0 Å². The van der Waals surface area contributed by atoms with Gasteiger partial charge in [-0.25, -0.2) is 4.99 Å². The molecule has 0 aromatic heterocycles. The lowest BCUT2D eigenvalue weighted by molar-refractivity contribution is 0.0536. The van der Waals surface area contributed by atoms with Gasteiger partial charge >= 0.3 is 0 Å². The Morgan fingerprint density at radius 1 is 1.11 bits per heavy atom. The van der Waals surface area contributed by atoms with E-state index < -0.39 is 0 Å². The molecule has 1 fully saturated rings. The van der Waals surface area contributed by atoms with Gasteiger partial charge in [-0.1, -0.05) is 12.1 Å². The van der Waals surface area contributed by atoms with Crippen LogP contribution in [-0.2, 0) is 20.8 Å². The molecule has 0 saturated carbocycles. The Morgan fingerprint density at radius 2 is 1.86 bits per heavy atom. The summed E-state index contributed by atoms with van der Waals surface area (Å²) in [7, 11) is 3.37. The van der Waals surface area contributed by atoms with Gasteiger partial charge < -0.3 is 29.2 Å². The fraction of sp³-hybridized carbons (Fsp3) is 0.667. The monoisotopic (exact) mass is 393 g/mol. The molecule has 2 rings (SSSR count). The van der Waals surface area contributed by atoms with E-state index in [2.05, 4.69) is 29.3 Å². The molecule has 0 bridgehead atoms. The lowest BCUT2D eigenvalue weighted by Crippen LogP contribution is -2.40. The van der Waals surface area contributed by atoms with Gasteiger partial charge in [0.1, 0.15) is 12.4 Å². The summed E-state index contributed by atoms with van der Waals surface area (Å²) in [5.41, 5.74) is 1.16. The Kier molecular flexibility index (Phi) is 10.7. The molecule has 1 unspecified atom stereocenters. The van der Waals surface area contributed by atoms with Crippen LogP contribution in [0.25, 0.3) is 0 Å². The average molecular weight is 394 g/mol. The molecule has 28 heavy (non-hydrogen) atoms.